The normalized spacial score (nSPS) is 9.90. The number of nitrogens with one attached hydrogen (secondary N) is 1. The van der Waals surface area contributed by atoms with E-state index in [1.807, 2.05) is 35.8 Å². The minimum atomic E-state index is -0.515. The maximum Gasteiger partial charge on any atom is 0.308 e. The molecule has 0 radical (unpaired) electrons. The zero-order valence-corrected chi connectivity index (χ0v) is 10.9. The molecule has 0 aliphatic heterocycles. The molecule has 1 amide bonds. The molecule has 0 aromatic heterocycles. The van der Waals surface area contributed by atoms with Crippen LogP contribution in [0.3, 0.4) is 0 Å². The smallest absolute Gasteiger partial charge is 0.308 e. The third kappa shape index (κ3) is 2.84. The molecule has 0 fully saturated rings. The van der Waals surface area contributed by atoms with E-state index in [0.717, 1.165) is 5.56 Å². The lowest BCUT2D eigenvalue weighted by Gasteiger charge is -2.13. The molecule has 0 aliphatic rings. The van der Waals surface area contributed by atoms with Crippen molar-refractivity contribution in [2.24, 2.45) is 5.84 Å². The van der Waals surface area contributed by atoms with Crippen molar-refractivity contribution < 1.29 is 14.3 Å². The first kappa shape index (κ1) is 13.8. The van der Waals surface area contributed by atoms with Crippen molar-refractivity contribution in [3.8, 4) is 16.9 Å². The molecule has 2 rings (SSSR count). The Labute approximate surface area is 116 Å². The summed E-state index contributed by atoms with van der Waals surface area (Å²) in [6, 6.07) is 14.4. The van der Waals surface area contributed by atoms with E-state index in [1.165, 1.54) is 6.92 Å². The van der Waals surface area contributed by atoms with Crippen LogP contribution in [-0.4, -0.2) is 11.9 Å². The van der Waals surface area contributed by atoms with Crippen LogP contribution in [0.5, 0.6) is 5.75 Å². The van der Waals surface area contributed by atoms with Gasteiger partial charge in [0.25, 0.3) is 5.91 Å². The lowest BCUT2D eigenvalue weighted by Crippen LogP contribution is -2.30. The predicted octanol–water partition coefficient (Wildman–Crippen LogP) is 1.88. The van der Waals surface area contributed by atoms with E-state index in [4.69, 9.17) is 10.6 Å². The number of carbonyl (C=O) groups excluding carboxylic acids is 2. The summed E-state index contributed by atoms with van der Waals surface area (Å²) < 4.78 is 5.20. The summed E-state index contributed by atoms with van der Waals surface area (Å²) in [5.41, 5.74) is 3.75. The van der Waals surface area contributed by atoms with E-state index in [1.54, 1.807) is 18.2 Å². The largest absolute Gasteiger partial charge is 0.425 e. The van der Waals surface area contributed by atoms with Crippen LogP contribution in [0.25, 0.3) is 11.1 Å². The van der Waals surface area contributed by atoms with Gasteiger partial charge in [0, 0.05) is 12.5 Å². The highest BCUT2D eigenvalue weighted by Gasteiger charge is 2.18. The van der Waals surface area contributed by atoms with Crippen LogP contribution < -0.4 is 16.0 Å². The van der Waals surface area contributed by atoms with Crippen LogP contribution in [0.2, 0.25) is 0 Å². The monoisotopic (exact) mass is 270 g/mol. The molecular formula is C15H14N2O3. The molecule has 102 valence electrons. The number of para-hydroxylation sites is 1. The molecule has 0 bridgehead atoms. The second kappa shape index (κ2) is 5.99. The minimum Gasteiger partial charge on any atom is -0.425 e. The Morgan fingerprint density at radius 1 is 1.05 bits per heavy atom. The number of hydrogen-bond acceptors (Lipinski definition) is 4. The van der Waals surface area contributed by atoms with E-state index in [0.29, 0.717) is 5.56 Å². The first-order valence-corrected chi connectivity index (χ1v) is 6.01. The fraction of sp³-hybridized carbons (Fsp3) is 0.0667. The number of nitrogen functional groups attached to an aromatic ring is 1. The predicted molar refractivity (Wildman–Crippen MR) is 74.8 cm³/mol. The molecule has 5 heteroatoms. The van der Waals surface area contributed by atoms with Gasteiger partial charge >= 0.3 is 5.97 Å². The van der Waals surface area contributed by atoms with Crippen molar-refractivity contribution >= 4 is 11.9 Å². The molecule has 0 unspecified atom stereocenters. The van der Waals surface area contributed by atoms with Crippen LogP contribution >= 0.6 is 0 Å². The maximum atomic E-state index is 11.8. The Bertz CT molecular complexity index is 639. The van der Waals surface area contributed by atoms with E-state index in [2.05, 4.69) is 0 Å². The van der Waals surface area contributed by atoms with Gasteiger partial charge < -0.3 is 4.74 Å². The van der Waals surface area contributed by atoms with Crippen LogP contribution in [0, 0.1) is 0 Å². The summed E-state index contributed by atoms with van der Waals surface area (Å²) in [6.45, 7) is 1.28. The summed E-state index contributed by atoms with van der Waals surface area (Å²) in [5, 5.41) is 0. The SMILES string of the molecule is CC(=O)Oc1c(C(=O)NN)cccc1-c1ccccc1. The first-order chi connectivity index (χ1) is 9.63. The van der Waals surface area contributed by atoms with Gasteiger partial charge in [-0.25, -0.2) is 5.84 Å². The number of rotatable bonds is 3. The van der Waals surface area contributed by atoms with Crippen molar-refractivity contribution in [3.63, 3.8) is 0 Å². The molecule has 5 nitrogen and oxygen atoms in total. The maximum absolute atomic E-state index is 11.8. The van der Waals surface area contributed by atoms with Gasteiger partial charge in [-0.1, -0.05) is 42.5 Å². The number of carbonyl (C=O) groups is 2. The van der Waals surface area contributed by atoms with Crippen molar-refractivity contribution in [2.45, 2.75) is 6.92 Å². The first-order valence-electron chi connectivity index (χ1n) is 6.01. The van der Waals surface area contributed by atoms with Crippen molar-refractivity contribution in [3.05, 3.63) is 54.1 Å². The summed E-state index contributed by atoms with van der Waals surface area (Å²) in [7, 11) is 0. The average Bonchev–Trinajstić information content (AvgIpc) is 2.47. The number of hydrogen-bond donors (Lipinski definition) is 2. The number of hydrazine groups is 1. The summed E-state index contributed by atoms with van der Waals surface area (Å²) in [5.74, 6) is 4.34. The molecule has 0 saturated heterocycles. The Kier molecular flexibility index (Phi) is 4.12. The molecule has 0 spiro atoms. The quantitative estimate of drug-likeness (QED) is 0.293. The van der Waals surface area contributed by atoms with Gasteiger partial charge in [-0.2, -0.15) is 0 Å². The fourth-order valence-electron chi connectivity index (χ4n) is 1.89. The van der Waals surface area contributed by atoms with Gasteiger partial charge in [-0.05, 0) is 11.6 Å². The highest BCUT2D eigenvalue weighted by atomic mass is 16.5. The Hall–Kier alpha value is -2.66. The Morgan fingerprint density at radius 2 is 1.75 bits per heavy atom. The summed E-state index contributed by atoms with van der Waals surface area (Å²) in [6.07, 6.45) is 0. The number of nitrogens with two attached hydrogens (primary N) is 1. The number of amides is 1. The molecule has 20 heavy (non-hydrogen) atoms. The summed E-state index contributed by atoms with van der Waals surface area (Å²) >= 11 is 0. The molecule has 3 N–H and O–H groups in total. The van der Waals surface area contributed by atoms with Crippen molar-refractivity contribution in [1.82, 2.24) is 5.43 Å². The molecule has 0 aliphatic carbocycles. The minimum absolute atomic E-state index is 0.203. The molecule has 0 atom stereocenters. The molecule has 0 heterocycles. The zero-order valence-electron chi connectivity index (χ0n) is 10.9. The highest BCUT2D eigenvalue weighted by Crippen LogP contribution is 2.33. The highest BCUT2D eigenvalue weighted by molar-refractivity contribution is 6.00. The van der Waals surface area contributed by atoms with Crippen LogP contribution in [-0.2, 0) is 4.79 Å². The van der Waals surface area contributed by atoms with Crippen molar-refractivity contribution in [1.29, 1.82) is 0 Å². The zero-order chi connectivity index (χ0) is 14.5. The fourth-order valence-corrected chi connectivity index (χ4v) is 1.89. The van der Waals surface area contributed by atoms with Gasteiger partial charge in [-0.3, -0.25) is 15.0 Å². The Morgan fingerprint density at radius 3 is 2.35 bits per heavy atom. The van der Waals surface area contributed by atoms with Crippen LogP contribution in [0.1, 0.15) is 17.3 Å². The lowest BCUT2D eigenvalue weighted by atomic mass is 10.0. The topological polar surface area (TPSA) is 81.4 Å². The molecule has 0 saturated carbocycles. The van der Waals surface area contributed by atoms with Gasteiger partial charge in [0.15, 0.2) is 5.75 Å². The second-order valence-corrected chi connectivity index (χ2v) is 4.12. The Balaban J connectivity index is 2.62. The van der Waals surface area contributed by atoms with Crippen LogP contribution in [0.15, 0.2) is 48.5 Å². The van der Waals surface area contributed by atoms with Crippen molar-refractivity contribution in [2.75, 3.05) is 0 Å². The molecular weight excluding hydrogens is 256 g/mol. The van der Waals surface area contributed by atoms with Crippen LogP contribution in [0.4, 0.5) is 0 Å². The number of esters is 1. The van der Waals surface area contributed by atoms with Gasteiger partial charge in [0.1, 0.15) is 0 Å². The van der Waals surface area contributed by atoms with Gasteiger partial charge in [0.05, 0.1) is 5.56 Å². The third-order valence-corrected chi connectivity index (χ3v) is 2.72. The number of ether oxygens (including phenoxy) is 1. The lowest BCUT2D eigenvalue weighted by molar-refractivity contribution is -0.131. The van der Waals surface area contributed by atoms with E-state index in [9.17, 15) is 9.59 Å². The van der Waals surface area contributed by atoms with E-state index in [-0.39, 0.29) is 11.3 Å². The molecule has 2 aromatic carbocycles. The second-order valence-electron chi connectivity index (χ2n) is 4.12. The number of benzene rings is 2. The molecule has 2 aromatic rings. The van der Waals surface area contributed by atoms with Gasteiger partial charge in [-0.15, -0.1) is 0 Å². The van der Waals surface area contributed by atoms with Gasteiger partial charge in [0.2, 0.25) is 0 Å². The summed E-state index contributed by atoms with van der Waals surface area (Å²) in [4.78, 5) is 23.0. The third-order valence-electron chi connectivity index (χ3n) is 2.72. The van der Waals surface area contributed by atoms with E-state index < -0.39 is 11.9 Å². The average molecular weight is 270 g/mol. The standard InChI is InChI=1S/C15H14N2O3/c1-10(18)20-14-12(11-6-3-2-4-7-11)8-5-9-13(14)15(19)17-16/h2-9H,16H2,1H3,(H,17,19). The van der Waals surface area contributed by atoms with E-state index >= 15 is 0 Å².